The second kappa shape index (κ2) is 5.90. The van der Waals surface area contributed by atoms with Crippen molar-refractivity contribution in [3.8, 4) is 0 Å². The fraction of sp³-hybridized carbons (Fsp3) is 0.600. The lowest BCUT2D eigenvalue weighted by Crippen LogP contribution is -2.40. The quantitative estimate of drug-likeness (QED) is 0.860. The van der Waals surface area contributed by atoms with Gasteiger partial charge in [-0.1, -0.05) is 5.16 Å². The van der Waals surface area contributed by atoms with E-state index in [1.807, 2.05) is 31.7 Å². The minimum Gasteiger partial charge on any atom is -0.341 e. The van der Waals surface area contributed by atoms with E-state index in [0.717, 1.165) is 37.3 Å². The molecule has 2 aromatic heterocycles. The second-order valence-corrected chi connectivity index (χ2v) is 5.92. The number of carbonyl (C=O) groups is 1. The standard InChI is InChI=1S/C15H21N5O2/c1-10-8-11(2)20(17-10)9-14(21)19-6-4-13(5-7-19)15-16-12(3)18-22-15/h8,13H,4-7,9H2,1-3H3. The van der Waals surface area contributed by atoms with E-state index in [1.54, 1.807) is 4.68 Å². The van der Waals surface area contributed by atoms with Crippen LogP contribution in [-0.4, -0.2) is 43.8 Å². The summed E-state index contributed by atoms with van der Waals surface area (Å²) in [6, 6.07) is 1.98. The van der Waals surface area contributed by atoms with Crippen LogP contribution in [0.1, 0.15) is 41.9 Å². The maximum Gasteiger partial charge on any atom is 0.244 e. The summed E-state index contributed by atoms with van der Waals surface area (Å²) in [6.45, 7) is 7.49. The van der Waals surface area contributed by atoms with E-state index < -0.39 is 0 Å². The normalized spacial score (nSPS) is 16.2. The van der Waals surface area contributed by atoms with Gasteiger partial charge in [0.05, 0.1) is 5.69 Å². The van der Waals surface area contributed by atoms with E-state index in [4.69, 9.17) is 4.52 Å². The first-order valence-corrected chi connectivity index (χ1v) is 7.62. The highest BCUT2D eigenvalue weighted by atomic mass is 16.5. The summed E-state index contributed by atoms with van der Waals surface area (Å²) in [5, 5.41) is 8.18. The molecule has 7 heteroatoms. The molecule has 1 saturated heterocycles. The molecule has 3 heterocycles. The molecule has 2 aromatic rings. The molecule has 0 radical (unpaired) electrons. The Hall–Kier alpha value is -2.18. The third kappa shape index (κ3) is 3.03. The molecule has 0 aliphatic carbocycles. The molecule has 22 heavy (non-hydrogen) atoms. The number of carbonyl (C=O) groups excluding carboxylic acids is 1. The van der Waals surface area contributed by atoms with Gasteiger partial charge in [0, 0.05) is 24.7 Å². The van der Waals surface area contributed by atoms with Gasteiger partial charge in [-0.2, -0.15) is 10.1 Å². The average Bonchev–Trinajstić information content (AvgIpc) is 3.05. The van der Waals surface area contributed by atoms with Crippen molar-refractivity contribution in [2.24, 2.45) is 0 Å². The smallest absolute Gasteiger partial charge is 0.244 e. The van der Waals surface area contributed by atoms with Crippen molar-refractivity contribution in [1.82, 2.24) is 24.8 Å². The van der Waals surface area contributed by atoms with Crippen molar-refractivity contribution in [3.05, 3.63) is 29.2 Å². The monoisotopic (exact) mass is 303 g/mol. The van der Waals surface area contributed by atoms with Gasteiger partial charge < -0.3 is 9.42 Å². The molecule has 0 N–H and O–H groups in total. The molecular weight excluding hydrogens is 282 g/mol. The minimum atomic E-state index is 0.117. The number of hydrogen-bond acceptors (Lipinski definition) is 5. The van der Waals surface area contributed by atoms with Crippen LogP contribution in [0.3, 0.4) is 0 Å². The lowest BCUT2D eigenvalue weighted by molar-refractivity contribution is -0.133. The molecule has 1 amide bonds. The average molecular weight is 303 g/mol. The summed E-state index contributed by atoms with van der Waals surface area (Å²) in [5.41, 5.74) is 1.96. The molecule has 0 spiro atoms. The number of aromatic nitrogens is 4. The molecule has 0 bridgehead atoms. The first-order chi connectivity index (χ1) is 10.5. The number of piperidine rings is 1. The zero-order valence-electron chi connectivity index (χ0n) is 13.2. The van der Waals surface area contributed by atoms with Crippen molar-refractivity contribution in [2.45, 2.75) is 46.1 Å². The fourth-order valence-electron chi connectivity index (χ4n) is 2.92. The van der Waals surface area contributed by atoms with Crippen LogP contribution in [0.4, 0.5) is 0 Å². The number of likely N-dealkylation sites (tertiary alicyclic amines) is 1. The van der Waals surface area contributed by atoms with E-state index in [0.29, 0.717) is 18.3 Å². The molecule has 0 saturated carbocycles. The van der Waals surface area contributed by atoms with E-state index in [9.17, 15) is 4.79 Å². The molecule has 1 fully saturated rings. The molecule has 0 unspecified atom stereocenters. The Labute approximate surface area is 129 Å². The highest BCUT2D eigenvalue weighted by Crippen LogP contribution is 2.26. The largest absolute Gasteiger partial charge is 0.341 e. The number of hydrogen-bond donors (Lipinski definition) is 0. The van der Waals surface area contributed by atoms with Gasteiger partial charge in [0.2, 0.25) is 11.8 Å². The molecule has 3 rings (SSSR count). The van der Waals surface area contributed by atoms with Crippen LogP contribution >= 0.6 is 0 Å². The summed E-state index contributed by atoms with van der Waals surface area (Å²) in [5.74, 6) is 1.74. The van der Waals surface area contributed by atoms with Gasteiger partial charge in [0.15, 0.2) is 5.82 Å². The maximum atomic E-state index is 12.4. The van der Waals surface area contributed by atoms with Crippen LogP contribution in [0.2, 0.25) is 0 Å². The van der Waals surface area contributed by atoms with Gasteiger partial charge in [-0.3, -0.25) is 9.48 Å². The third-order valence-electron chi connectivity index (χ3n) is 4.13. The predicted octanol–water partition coefficient (Wildman–Crippen LogP) is 1.60. The van der Waals surface area contributed by atoms with Crippen LogP contribution in [0.5, 0.6) is 0 Å². The summed E-state index contributed by atoms with van der Waals surface area (Å²) in [7, 11) is 0. The van der Waals surface area contributed by atoms with Crippen molar-refractivity contribution < 1.29 is 9.32 Å². The van der Waals surface area contributed by atoms with E-state index in [-0.39, 0.29) is 11.8 Å². The zero-order chi connectivity index (χ0) is 15.7. The minimum absolute atomic E-state index is 0.117. The molecule has 0 atom stereocenters. The van der Waals surface area contributed by atoms with E-state index >= 15 is 0 Å². The molecule has 1 aliphatic rings. The van der Waals surface area contributed by atoms with Crippen LogP contribution in [0, 0.1) is 20.8 Å². The van der Waals surface area contributed by atoms with E-state index in [1.165, 1.54) is 0 Å². The second-order valence-electron chi connectivity index (χ2n) is 5.92. The lowest BCUT2D eigenvalue weighted by atomic mass is 9.97. The number of nitrogens with zero attached hydrogens (tertiary/aromatic N) is 5. The summed E-state index contributed by atoms with van der Waals surface area (Å²) >= 11 is 0. The van der Waals surface area contributed by atoms with Crippen molar-refractivity contribution in [3.63, 3.8) is 0 Å². The van der Waals surface area contributed by atoms with Crippen molar-refractivity contribution >= 4 is 5.91 Å². The first kappa shape index (κ1) is 14.7. The van der Waals surface area contributed by atoms with E-state index in [2.05, 4.69) is 15.2 Å². The maximum absolute atomic E-state index is 12.4. The van der Waals surface area contributed by atoms with Gasteiger partial charge in [-0.25, -0.2) is 0 Å². The summed E-state index contributed by atoms with van der Waals surface area (Å²) in [4.78, 5) is 18.6. The highest BCUT2D eigenvalue weighted by molar-refractivity contribution is 5.76. The number of aryl methyl sites for hydroxylation is 3. The fourth-order valence-corrected chi connectivity index (χ4v) is 2.92. The van der Waals surface area contributed by atoms with Gasteiger partial charge in [0.1, 0.15) is 6.54 Å². The van der Waals surface area contributed by atoms with Crippen LogP contribution in [-0.2, 0) is 11.3 Å². The Morgan fingerprint density at radius 3 is 2.59 bits per heavy atom. The number of rotatable bonds is 3. The SMILES string of the molecule is Cc1cc(C)n(CC(=O)N2CCC(c3nc(C)no3)CC2)n1. The third-order valence-corrected chi connectivity index (χ3v) is 4.13. The van der Waals surface area contributed by atoms with Crippen LogP contribution in [0.25, 0.3) is 0 Å². The molecule has 118 valence electrons. The van der Waals surface area contributed by atoms with Gasteiger partial charge in [-0.05, 0) is 39.7 Å². The molecule has 1 aliphatic heterocycles. The first-order valence-electron chi connectivity index (χ1n) is 7.62. The topological polar surface area (TPSA) is 77.0 Å². The lowest BCUT2D eigenvalue weighted by Gasteiger charge is -2.30. The van der Waals surface area contributed by atoms with Gasteiger partial charge in [0.25, 0.3) is 0 Å². The Balaban J connectivity index is 1.57. The molecule has 0 aromatic carbocycles. The predicted molar refractivity (Wildman–Crippen MR) is 79.3 cm³/mol. The summed E-state index contributed by atoms with van der Waals surface area (Å²) < 4.78 is 7.00. The van der Waals surface area contributed by atoms with Crippen molar-refractivity contribution in [2.75, 3.05) is 13.1 Å². The highest BCUT2D eigenvalue weighted by Gasteiger charge is 2.27. The Kier molecular flexibility index (Phi) is 3.96. The summed E-state index contributed by atoms with van der Waals surface area (Å²) in [6.07, 6.45) is 1.73. The van der Waals surface area contributed by atoms with Gasteiger partial charge in [-0.15, -0.1) is 0 Å². The Morgan fingerprint density at radius 1 is 1.32 bits per heavy atom. The Bertz CT molecular complexity index is 667. The number of amides is 1. The Morgan fingerprint density at radius 2 is 2.05 bits per heavy atom. The zero-order valence-corrected chi connectivity index (χ0v) is 13.2. The van der Waals surface area contributed by atoms with Gasteiger partial charge >= 0.3 is 0 Å². The molecular formula is C15H21N5O2. The van der Waals surface area contributed by atoms with Crippen LogP contribution < -0.4 is 0 Å². The van der Waals surface area contributed by atoms with Crippen molar-refractivity contribution in [1.29, 1.82) is 0 Å². The molecule has 7 nitrogen and oxygen atoms in total. The van der Waals surface area contributed by atoms with Crippen LogP contribution in [0.15, 0.2) is 10.6 Å².